The molecule has 0 bridgehead atoms. The molecule has 2 aromatic rings. The molecule has 104 valence electrons. The summed E-state index contributed by atoms with van der Waals surface area (Å²) in [5, 5.41) is 0. The van der Waals surface area contributed by atoms with Crippen molar-refractivity contribution < 1.29 is 0 Å². The maximum atomic E-state index is 3.77. The molecule has 0 aliphatic carbocycles. The van der Waals surface area contributed by atoms with Crippen LogP contribution in [0.25, 0.3) is 12.2 Å². The molecule has 2 aromatic carbocycles. The summed E-state index contributed by atoms with van der Waals surface area (Å²) in [5.74, 6) is 0. The molecule has 0 unspecified atom stereocenters. The van der Waals surface area contributed by atoms with Crippen LogP contribution in [0.2, 0.25) is 0 Å². The Morgan fingerprint density at radius 2 is 1.40 bits per heavy atom. The molecule has 0 saturated carbocycles. The van der Waals surface area contributed by atoms with Gasteiger partial charge in [-0.15, -0.1) is 0 Å². The lowest BCUT2D eigenvalue weighted by molar-refractivity contribution is 0.919. The van der Waals surface area contributed by atoms with E-state index in [0.29, 0.717) is 0 Å². The fourth-order valence-electron chi connectivity index (χ4n) is 2.05. The highest BCUT2D eigenvalue weighted by molar-refractivity contribution is 5.52. The van der Waals surface area contributed by atoms with Gasteiger partial charge in [0.2, 0.25) is 0 Å². The summed E-state index contributed by atoms with van der Waals surface area (Å²) in [6, 6.07) is 16.6. The van der Waals surface area contributed by atoms with Crippen molar-refractivity contribution in [1.29, 1.82) is 0 Å². The number of aryl methyl sites for hydroxylation is 2. The number of hydrogen-bond acceptors (Lipinski definition) is 0. The lowest BCUT2D eigenvalue weighted by atomic mass is 10.0. The van der Waals surface area contributed by atoms with Crippen LogP contribution in [0.3, 0.4) is 0 Å². The predicted molar refractivity (Wildman–Crippen MR) is 91.8 cm³/mol. The Morgan fingerprint density at radius 1 is 0.850 bits per heavy atom. The molecule has 0 fully saturated rings. The van der Waals surface area contributed by atoms with Gasteiger partial charge in [0, 0.05) is 0 Å². The van der Waals surface area contributed by atoms with E-state index < -0.39 is 0 Å². The van der Waals surface area contributed by atoms with E-state index in [1.165, 1.54) is 28.7 Å². The maximum absolute atomic E-state index is 3.77. The van der Waals surface area contributed by atoms with Crippen molar-refractivity contribution in [3.8, 4) is 0 Å². The van der Waals surface area contributed by atoms with Crippen molar-refractivity contribution in [3.63, 3.8) is 0 Å². The van der Waals surface area contributed by atoms with Crippen LogP contribution in [-0.2, 0) is 6.42 Å². The minimum absolute atomic E-state index is 1.15. The topological polar surface area (TPSA) is 0 Å². The van der Waals surface area contributed by atoms with Gasteiger partial charge in [-0.25, -0.2) is 0 Å². The highest BCUT2D eigenvalue weighted by atomic mass is 14.0. The summed E-state index contributed by atoms with van der Waals surface area (Å²) < 4.78 is 0. The molecular formula is C20H24. The van der Waals surface area contributed by atoms with Gasteiger partial charge in [-0.05, 0) is 35.6 Å². The standard InChI is InChI=1S/C11H14.C9H10/c1-3-7-11-9-6-5-8-10(11)4-2;1-3-9-7-5-4-6-8(9)2/h4-6,8-9H,2-3,7H2,1H3;3-7H,1H2,2H3. The molecule has 2 rings (SSSR count). The molecule has 0 aromatic heterocycles. The van der Waals surface area contributed by atoms with Gasteiger partial charge in [0.1, 0.15) is 0 Å². The monoisotopic (exact) mass is 264 g/mol. The summed E-state index contributed by atoms with van der Waals surface area (Å²) in [4.78, 5) is 0. The Balaban J connectivity index is 0.000000204. The lowest BCUT2D eigenvalue weighted by Gasteiger charge is -2.02. The molecule has 0 amide bonds. The Hall–Kier alpha value is -2.08. The average Bonchev–Trinajstić information content (AvgIpc) is 2.49. The van der Waals surface area contributed by atoms with E-state index in [2.05, 4.69) is 63.4 Å². The van der Waals surface area contributed by atoms with Crippen LogP contribution in [0, 0.1) is 6.92 Å². The molecule has 20 heavy (non-hydrogen) atoms. The Kier molecular flexibility index (Phi) is 7.13. The second-order valence-corrected chi connectivity index (χ2v) is 4.71. The van der Waals surface area contributed by atoms with Gasteiger partial charge in [-0.3, -0.25) is 0 Å². The zero-order valence-corrected chi connectivity index (χ0v) is 12.6. The van der Waals surface area contributed by atoms with Crippen molar-refractivity contribution >= 4 is 12.2 Å². The van der Waals surface area contributed by atoms with E-state index in [-0.39, 0.29) is 0 Å². The highest BCUT2D eigenvalue weighted by Gasteiger charge is 1.94. The summed E-state index contributed by atoms with van der Waals surface area (Å²) in [6.07, 6.45) is 6.15. The first-order chi connectivity index (χ1) is 9.72. The molecular weight excluding hydrogens is 240 g/mol. The molecule has 0 nitrogen and oxygen atoms in total. The minimum atomic E-state index is 1.15. The summed E-state index contributed by atoms with van der Waals surface area (Å²) in [7, 11) is 0. The molecule has 0 radical (unpaired) electrons. The number of hydrogen-bond donors (Lipinski definition) is 0. The van der Waals surface area contributed by atoms with Gasteiger partial charge >= 0.3 is 0 Å². The van der Waals surface area contributed by atoms with Crippen LogP contribution in [0.4, 0.5) is 0 Å². The summed E-state index contributed by atoms with van der Waals surface area (Å²) in [5.41, 5.74) is 5.18. The van der Waals surface area contributed by atoms with Crippen molar-refractivity contribution in [2.45, 2.75) is 26.7 Å². The van der Waals surface area contributed by atoms with E-state index in [1.807, 2.05) is 24.3 Å². The first-order valence-electron chi connectivity index (χ1n) is 7.11. The van der Waals surface area contributed by atoms with Crippen LogP contribution in [-0.4, -0.2) is 0 Å². The van der Waals surface area contributed by atoms with E-state index in [9.17, 15) is 0 Å². The predicted octanol–water partition coefficient (Wildman–Crippen LogP) is 5.92. The fraction of sp³-hybridized carbons (Fsp3) is 0.200. The second-order valence-electron chi connectivity index (χ2n) is 4.71. The Morgan fingerprint density at radius 3 is 1.90 bits per heavy atom. The van der Waals surface area contributed by atoms with Gasteiger partial charge in [0.05, 0.1) is 0 Å². The van der Waals surface area contributed by atoms with Gasteiger partial charge in [-0.2, -0.15) is 0 Å². The SMILES string of the molecule is C=Cc1ccccc1C.C=Cc1ccccc1CCC. The van der Waals surface area contributed by atoms with Gasteiger partial charge in [0.25, 0.3) is 0 Å². The second kappa shape index (κ2) is 8.92. The van der Waals surface area contributed by atoms with Crippen molar-refractivity contribution in [2.24, 2.45) is 0 Å². The fourth-order valence-corrected chi connectivity index (χ4v) is 2.05. The van der Waals surface area contributed by atoms with Crippen molar-refractivity contribution in [1.82, 2.24) is 0 Å². The van der Waals surface area contributed by atoms with Crippen molar-refractivity contribution in [3.05, 3.63) is 83.9 Å². The van der Waals surface area contributed by atoms with Gasteiger partial charge < -0.3 is 0 Å². The van der Waals surface area contributed by atoms with Crippen molar-refractivity contribution in [2.75, 3.05) is 0 Å². The third kappa shape index (κ3) is 4.89. The largest absolute Gasteiger partial charge is 0.0985 e. The normalized spacial score (nSPS) is 9.30. The summed E-state index contributed by atoms with van der Waals surface area (Å²) in [6.45, 7) is 11.7. The molecule has 0 aliphatic rings. The van der Waals surface area contributed by atoms with Crippen LogP contribution >= 0.6 is 0 Å². The zero-order chi connectivity index (χ0) is 14.8. The van der Waals surface area contributed by atoms with Crippen LogP contribution in [0.15, 0.2) is 61.7 Å². The molecule has 0 aliphatic heterocycles. The number of benzene rings is 2. The maximum Gasteiger partial charge on any atom is -0.0230 e. The first-order valence-corrected chi connectivity index (χ1v) is 7.11. The molecule has 0 saturated heterocycles. The first kappa shape index (κ1) is 16.0. The van der Waals surface area contributed by atoms with E-state index in [1.54, 1.807) is 0 Å². The Bertz CT molecular complexity index is 549. The average molecular weight is 264 g/mol. The van der Waals surface area contributed by atoms with Crippen LogP contribution < -0.4 is 0 Å². The summed E-state index contributed by atoms with van der Waals surface area (Å²) >= 11 is 0. The van der Waals surface area contributed by atoms with Crippen LogP contribution in [0.5, 0.6) is 0 Å². The molecule has 0 spiro atoms. The van der Waals surface area contributed by atoms with E-state index in [0.717, 1.165) is 6.42 Å². The van der Waals surface area contributed by atoms with Gasteiger partial charge in [-0.1, -0.05) is 87.2 Å². The minimum Gasteiger partial charge on any atom is -0.0985 e. The zero-order valence-electron chi connectivity index (χ0n) is 12.6. The molecule has 0 N–H and O–H groups in total. The Labute approximate surface area is 123 Å². The highest BCUT2D eigenvalue weighted by Crippen LogP contribution is 2.11. The van der Waals surface area contributed by atoms with Gasteiger partial charge in [0.15, 0.2) is 0 Å². The lowest BCUT2D eigenvalue weighted by Crippen LogP contribution is -1.86. The van der Waals surface area contributed by atoms with E-state index in [4.69, 9.17) is 0 Å². The molecule has 0 heteroatoms. The van der Waals surface area contributed by atoms with Crippen LogP contribution in [0.1, 0.15) is 35.6 Å². The quantitative estimate of drug-likeness (QED) is 0.643. The third-order valence-corrected chi connectivity index (χ3v) is 3.20. The number of rotatable bonds is 4. The molecule has 0 atom stereocenters. The smallest absolute Gasteiger partial charge is 0.0230 e. The third-order valence-electron chi connectivity index (χ3n) is 3.20. The molecule has 0 heterocycles. The van der Waals surface area contributed by atoms with E-state index >= 15 is 0 Å².